The first-order valence-electron chi connectivity index (χ1n) is 3.60. The molecule has 1 aromatic carbocycles. The van der Waals surface area contributed by atoms with E-state index >= 15 is 0 Å². The number of carbonyl (C=O) groups excluding carboxylic acids is 2. The number of hydrogen-bond donors (Lipinski definition) is 0. The summed E-state index contributed by atoms with van der Waals surface area (Å²) in [7, 11) is 0. The standard InChI is InChI=1S/C9H8O4.Li/c1-6(10)13-8-5-3-2-4-7(8)9(11)12;/h2-5H,1H3,(H,11,12);/q;+1/p-1. The van der Waals surface area contributed by atoms with Gasteiger partial charge in [-0.2, -0.15) is 0 Å². The molecule has 0 radical (unpaired) electrons. The van der Waals surface area contributed by atoms with Gasteiger partial charge < -0.3 is 14.6 Å². The fraction of sp³-hybridized carbons (Fsp3) is 0.111. The normalized spacial score (nSPS) is 8.64. The van der Waals surface area contributed by atoms with Gasteiger partial charge in [0.15, 0.2) is 0 Å². The third kappa shape index (κ3) is 3.25. The van der Waals surface area contributed by atoms with E-state index in [4.69, 9.17) is 0 Å². The summed E-state index contributed by atoms with van der Waals surface area (Å²) >= 11 is 0. The zero-order valence-corrected chi connectivity index (χ0v) is 7.94. The zero-order chi connectivity index (χ0) is 9.84. The maximum atomic E-state index is 10.6. The molecule has 0 saturated heterocycles. The number of aromatic carboxylic acids is 1. The Morgan fingerprint density at radius 2 is 1.86 bits per heavy atom. The predicted molar refractivity (Wildman–Crippen MR) is 42.1 cm³/mol. The van der Waals surface area contributed by atoms with Crippen molar-refractivity contribution in [2.75, 3.05) is 0 Å². The molecule has 1 aromatic rings. The molecular formula is C9H7LiO4. The van der Waals surface area contributed by atoms with Gasteiger partial charge in [0.2, 0.25) is 0 Å². The van der Waals surface area contributed by atoms with E-state index in [1.807, 2.05) is 0 Å². The van der Waals surface area contributed by atoms with Gasteiger partial charge >= 0.3 is 24.8 Å². The van der Waals surface area contributed by atoms with Crippen molar-refractivity contribution in [2.45, 2.75) is 6.92 Å². The summed E-state index contributed by atoms with van der Waals surface area (Å²) < 4.78 is 4.65. The van der Waals surface area contributed by atoms with Crippen molar-refractivity contribution in [3.8, 4) is 5.75 Å². The summed E-state index contributed by atoms with van der Waals surface area (Å²) in [4.78, 5) is 21.1. The third-order valence-corrected chi connectivity index (χ3v) is 1.36. The molecule has 0 aliphatic heterocycles. The van der Waals surface area contributed by atoms with Crippen molar-refractivity contribution in [1.82, 2.24) is 0 Å². The quantitative estimate of drug-likeness (QED) is 0.280. The van der Waals surface area contributed by atoms with E-state index in [9.17, 15) is 14.7 Å². The Balaban J connectivity index is 0.00000169. The van der Waals surface area contributed by atoms with Crippen LogP contribution in [0.5, 0.6) is 5.75 Å². The first-order chi connectivity index (χ1) is 6.11. The number of benzene rings is 1. The number of carbonyl (C=O) groups is 2. The molecule has 0 bridgehead atoms. The maximum Gasteiger partial charge on any atom is 1.00 e. The molecule has 5 heteroatoms. The fourth-order valence-electron chi connectivity index (χ4n) is 0.879. The minimum absolute atomic E-state index is 0. The zero-order valence-electron chi connectivity index (χ0n) is 7.94. The first kappa shape index (κ1) is 12.8. The Kier molecular flexibility index (Phi) is 4.99. The van der Waals surface area contributed by atoms with E-state index in [0.717, 1.165) is 0 Å². The summed E-state index contributed by atoms with van der Waals surface area (Å²) in [6, 6.07) is 5.81. The second-order valence-corrected chi connectivity index (χ2v) is 2.38. The van der Waals surface area contributed by atoms with Crippen LogP contribution in [-0.2, 0) is 4.79 Å². The van der Waals surface area contributed by atoms with Crippen LogP contribution < -0.4 is 28.7 Å². The molecule has 0 unspecified atom stereocenters. The number of rotatable bonds is 2. The molecule has 4 nitrogen and oxygen atoms in total. The molecule has 68 valence electrons. The SMILES string of the molecule is CC(=O)Oc1ccccc1C(=O)[O-].[Li+]. The van der Waals surface area contributed by atoms with Gasteiger partial charge in [0, 0.05) is 12.5 Å². The molecule has 0 N–H and O–H groups in total. The number of esters is 1. The number of para-hydroxylation sites is 1. The predicted octanol–water partition coefficient (Wildman–Crippen LogP) is -3.02. The molecule has 0 atom stereocenters. The van der Waals surface area contributed by atoms with Crippen molar-refractivity contribution in [3.63, 3.8) is 0 Å². The first-order valence-corrected chi connectivity index (χ1v) is 3.60. The van der Waals surface area contributed by atoms with Crippen molar-refractivity contribution in [1.29, 1.82) is 0 Å². The van der Waals surface area contributed by atoms with Crippen LogP contribution in [0.1, 0.15) is 17.3 Å². The second-order valence-electron chi connectivity index (χ2n) is 2.38. The molecule has 0 spiro atoms. The van der Waals surface area contributed by atoms with Crippen LogP contribution in [0.15, 0.2) is 24.3 Å². The third-order valence-electron chi connectivity index (χ3n) is 1.36. The summed E-state index contributed by atoms with van der Waals surface area (Å²) in [5, 5.41) is 10.5. The average Bonchev–Trinajstić information content (AvgIpc) is 2.03. The van der Waals surface area contributed by atoms with E-state index in [-0.39, 0.29) is 30.2 Å². The second kappa shape index (κ2) is 5.48. The van der Waals surface area contributed by atoms with Gasteiger partial charge in [0.1, 0.15) is 5.75 Å². The Labute approximate surface area is 93.1 Å². The molecule has 1 rings (SSSR count). The summed E-state index contributed by atoms with van der Waals surface area (Å²) in [5.41, 5.74) is -0.127. The number of hydrogen-bond acceptors (Lipinski definition) is 4. The van der Waals surface area contributed by atoms with Gasteiger partial charge in [-0.15, -0.1) is 0 Å². The van der Waals surface area contributed by atoms with Gasteiger partial charge in [-0.25, -0.2) is 0 Å². The van der Waals surface area contributed by atoms with E-state index in [0.29, 0.717) is 0 Å². The Hall–Kier alpha value is -1.24. The molecule has 0 heterocycles. The Morgan fingerprint density at radius 1 is 1.29 bits per heavy atom. The molecule has 14 heavy (non-hydrogen) atoms. The van der Waals surface area contributed by atoms with E-state index < -0.39 is 11.9 Å². The smallest absolute Gasteiger partial charge is 0.545 e. The van der Waals surface area contributed by atoms with Crippen LogP contribution >= 0.6 is 0 Å². The Bertz CT molecular complexity index is 348. The summed E-state index contributed by atoms with van der Waals surface area (Å²) in [6.07, 6.45) is 0. The van der Waals surface area contributed by atoms with Crippen molar-refractivity contribution >= 4 is 11.9 Å². The van der Waals surface area contributed by atoms with E-state index in [1.165, 1.54) is 25.1 Å². The number of carboxylic acid groups (broad SMARTS) is 1. The van der Waals surface area contributed by atoms with Crippen LogP contribution in [0.25, 0.3) is 0 Å². The fourth-order valence-corrected chi connectivity index (χ4v) is 0.879. The van der Waals surface area contributed by atoms with Crippen LogP contribution in [0.3, 0.4) is 0 Å². The molecule has 0 aromatic heterocycles. The van der Waals surface area contributed by atoms with Crippen LogP contribution in [-0.4, -0.2) is 11.9 Å². The average molecular weight is 186 g/mol. The number of ether oxygens (including phenoxy) is 1. The molecule has 0 saturated carbocycles. The molecular weight excluding hydrogens is 179 g/mol. The van der Waals surface area contributed by atoms with Crippen molar-refractivity contribution in [3.05, 3.63) is 29.8 Å². The van der Waals surface area contributed by atoms with Gasteiger partial charge in [-0.05, 0) is 12.1 Å². The van der Waals surface area contributed by atoms with Crippen molar-refractivity contribution < 1.29 is 38.3 Å². The van der Waals surface area contributed by atoms with Gasteiger partial charge in [-0.3, -0.25) is 4.79 Å². The molecule has 0 fully saturated rings. The van der Waals surface area contributed by atoms with Crippen LogP contribution in [0.2, 0.25) is 0 Å². The van der Waals surface area contributed by atoms with Crippen LogP contribution in [0, 0.1) is 0 Å². The maximum absolute atomic E-state index is 10.6. The summed E-state index contributed by atoms with van der Waals surface area (Å²) in [5.74, 6) is -1.92. The van der Waals surface area contributed by atoms with E-state index in [2.05, 4.69) is 4.74 Å². The largest absolute Gasteiger partial charge is 1.00 e. The van der Waals surface area contributed by atoms with Gasteiger partial charge in [0.25, 0.3) is 0 Å². The van der Waals surface area contributed by atoms with Crippen LogP contribution in [0.4, 0.5) is 0 Å². The number of carboxylic acids is 1. The Morgan fingerprint density at radius 3 is 2.36 bits per heavy atom. The minimum Gasteiger partial charge on any atom is -0.545 e. The molecule has 0 amide bonds. The van der Waals surface area contributed by atoms with Gasteiger partial charge in [-0.1, -0.05) is 12.1 Å². The van der Waals surface area contributed by atoms with E-state index in [1.54, 1.807) is 6.07 Å². The minimum atomic E-state index is -1.36. The van der Waals surface area contributed by atoms with Crippen molar-refractivity contribution in [2.24, 2.45) is 0 Å². The molecule has 0 aliphatic rings. The monoisotopic (exact) mass is 186 g/mol. The topological polar surface area (TPSA) is 66.4 Å². The van der Waals surface area contributed by atoms with Gasteiger partial charge in [0.05, 0.1) is 5.97 Å². The summed E-state index contributed by atoms with van der Waals surface area (Å²) in [6.45, 7) is 1.20. The molecule has 0 aliphatic carbocycles.